The molecule has 0 unspecified atom stereocenters. The van der Waals surface area contributed by atoms with E-state index >= 15 is 0 Å². The van der Waals surface area contributed by atoms with Crippen LogP contribution < -0.4 is 4.90 Å². The van der Waals surface area contributed by atoms with Crippen molar-refractivity contribution in [3.05, 3.63) is 28.4 Å². The Morgan fingerprint density at radius 2 is 2.24 bits per heavy atom. The molecule has 2 aliphatic heterocycles. The quantitative estimate of drug-likeness (QED) is 0.561. The van der Waals surface area contributed by atoms with Crippen molar-refractivity contribution in [2.75, 3.05) is 25.0 Å². The van der Waals surface area contributed by atoms with Gasteiger partial charge in [-0.15, -0.1) is 0 Å². The van der Waals surface area contributed by atoms with Gasteiger partial charge in [0.15, 0.2) is 6.20 Å². The van der Waals surface area contributed by atoms with Crippen molar-refractivity contribution in [3.63, 3.8) is 0 Å². The van der Waals surface area contributed by atoms with Crippen LogP contribution in [0.3, 0.4) is 0 Å². The van der Waals surface area contributed by atoms with Gasteiger partial charge in [0.25, 0.3) is 0 Å². The number of hydrogen-bond acceptors (Lipinski definition) is 5. The van der Waals surface area contributed by atoms with Gasteiger partial charge >= 0.3 is 5.82 Å². The Labute approximate surface area is 99.0 Å². The molecule has 3 rings (SSSR count). The van der Waals surface area contributed by atoms with E-state index in [2.05, 4.69) is 21.8 Å². The first-order valence-corrected chi connectivity index (χ1v) is 5.72. The summed E-state index contributed by atoms with van der Waals surface area (Å²) in [6.45, 7) is 2.07. The van der Waals surface area contributed by atoms with Crippen LogP contribution in [0, 0.1) is 10.1 Å². The van der Waals surface area contributed by atoms with Crippen molar-refractivity contribution >= 4 is 11.5 Å². The number of rotatable bonds is 2. The maximum atomic E-state index is 10.5. The molecule has 2 fully saturated rings. The third-order valence-electron chi connectivity index (χ3n) is 3.77. The molecule has 2 atom stereocenters. The predicted octanol–water partition coefficient (Wildman–Crippen LogP) is 0.882. The van der Waals surface area contributed by atoms with Crippen LogP contribution in [0.5, 0.6) is 0 Å². The predicted molar refractivity (Wildman–Crippen MR) is 63.1 cm³/mol. The molecule has 0 N–H and O–H groups in total. The fraction of sp³-hybridized carbons (Fsp3) is 0.545. The van der Waals surface area contributed by atoms with Crippen LogP contribution in [0.4, 0.5) is 11.5 Å². The molecule has 0 saturated carbocycles. The summed E-state index contributed by atoms with van der Waals surface area (Å²) < 4.78 is 0. The van der Waals surface area contributed by atoms with Gasteiger partial charge in [-0.1, -0.05) is 0 Å². The van der Waals surface area contributed by atoms with Crippen LogP contribution in [-0.4, -0.2) is 47.0 Å². The number of nitro groups is 1. The topological polar surface area (TPSA) is 62.5 Å². The number of nitrogens with zero attached hydrogens (tertiary/aromatic N) is 4. The minimum Gasteiger partial charge on any atom is -0.363 e. The number of aromatic nitrogens is 1. The second-order valence-corrected chi connectivity index (χ2v) is 4.77. The highest BCUT2D eigenvalue weighted by atomic mass is 16.6. The van der Waals surface area contributed by atoms with E-state index in [4.69, 9.17) is 0 Å². The van der Waals surface area contributed by atoms with Gasteiger partial charge < -0.3 is 15.0 Å². The van der Waals surface area contributed by atoms with Crippen LogP contribution in [-0.2, 0) is 0 Å². The Balaban J connectivity index is 1.80. The highest BCUT2D eigenvalue weighted by Crippen LogP contribution is 2.33. The molecule has 1 aromatic rings. The average Bonchev–Trinajstić information content (AvgIpc) is 2.87. The van der Waals surface area contributed by atoms with Crippen LogP contribution in [0.15, 0.2) is 18.3 Å². The number of piperazine rings is 1. The SMILES string of the molecule is CN1C[C@H]2C[C@@H]1CN2c1ccc([N+](=O)[O-])nc1. The van der Waals surface area contributed by atoms with Crippen molar-refractivity contribution in [1.82, 2.24) is 9.88 Å². The Bertz CT molecular complexity index is 445. The van der Waals surface area contributed by atoms with E-state index in [1.165, 1.54) is 12.5 Å². The number of pyridine rings is 1. The number of anilines is 1. The van der Waals surface area contributed by atoms with E-state index in [0.29, 0.717) is 12.1 Å². The van der Waals surface area contributed by atoms with Gasteiger partial charge in [-0.2, -0.15) is 0 Å². The van der Waals surface area contributed by atoms with Gasteiger partial charge in [0.1, 0.15) is 0 Å². The summed E-state index contributed by atoms with van der Waals surface area (Å²) in [7, 11) is 2.15. The lowest BCUT2D eigenvalue weighted by atomic mass is 10.2. The first-order valence-electron chi connectivity index (χ1n) is 5.72. The van der Waals surface area contributed by atoms with Crippen LogP contribution >= 0.6 is 0 Å². The molecule has 0 radical (unpaired) electrons. The normalized spacial score (nSPS) is 27.7. The van der Waals surface area contributed by atoms with Crippen LogP contribution in [0.2, 0.25) is 0 Å². The fourth-order valence-corrected chi connectivity index (χ4v) is 2.84. The zero-order valence-electron chi connectivity index (χ0n) is 9.61. The molecule has 1 aromatic heterocycles. The molecule has 90 valence electrons. The Morgan fingerprint density at radius 1 is 1.41 bits per heavy atom. The molecule has 0 spiro atoms. The summed E-state index contributed by atoms with van der Waals surface area (Å²) in [5.74, 6) is -0.0878. The number of likely N-dealkylation sites (tertiary alicyclic amines) is 1. The molecule has 0 aliphatic carbocycles. The van der Waals surface area contributed by atoms with E-state index in [0.717, 1.165) is 18.8 Å². The van der Waals surface area contributed by atoms with Gasteiger partial charge in [0, 0.05) is 31.2 Å². The summed E-state index contributed by atoms with van der Waals surface area (Å²) >= 11 is 0. The Kier molecular flexibility index (Phi) is 2.25. The maximum Gasteiger partial charge on any atom is 0.363 e. The van der Waals surface area contributed by atoms with Crippen molar-refractivity contribution < 1.29 is 4.92 Å². The van der Waals surface area contributed by atoms with Gasteiger partial charge in [-0.25, -0.2) is 0 Å². The second kappa shape index (κ2) is 3.66. The summed E-state index contributed by atoms with van der Waals surface area (Å²) in [6, 6.07) is 4.43. The van der Waals surface area contributed by atoms with Gasteiger partial charge in [0.05, 0.1) is 5.69 Å². The molecule has 6 nitrogen and oxygen atoms in total. The zero-order chi connectivity index (χ0) is 12.0. The van der Waals surface area contributed by atoms with Crippen LogP contribution in [0.25, 0.3) is 0 Å². The minimum absolute atomic E-state index is 0.0878. The summed E-state index contributed by atoms with van der Waals surface area (Å²) in [6.07, 6.45) is 2.80. The summed E-state index contributed by atoms with van der Waals surface area (Å²) in [4.78, 5) is 18.6. The van der Waals surface area contributed by atoms with Crippen molar-refractivity contribution in [2.24, 2.45) is 0 Å². The molecule has 6 heteroatoms. The van der Waals surface area contributed by atoms with E-state index < -0.39 is 4.92 Å². The Hall–Kier alpha value is -1.69. The first-order chi connectivity index (χ1) is 8.15. The Morgan fingerprint density at radius 3 is 2.71 bits per heavy atom. The molecular formula is C11H14N4O2. The summed E-state index contributed by atoms with van der Waals surface area (Å²) in [5.41, 5.74) is 0.996. The largest absolute Gasteiger partial charge is 0.363 e. The highest BCUT2D eigenvalue weighted by Gasteiger charge is 2.41. The van der Waals surface area contributed by atoms with E-state index in [1.54, 1.807) is 12.3 Å². The smallest absolute Gasteiger partial charge is 0.363 e. The van der Waals surface area contributed by atoms with E-state index in [-0.39, 0.29) is 5.82 Å². The monoisotopic (exact) mass is 234 g/mol. The van der Waals surface area contributed by atoms with E-state index in [1.807, 2.05) is 0 Å². The molecule has 3 heterocycles. The van der Waals surface area contributed by atoms with Crippen molar-refractivity contribution in [1.29, 1.82) is 0 Å². The summed E-state index contributed by atoms with van der Waals surface area (Å²) in [5, 5.41) is 10.5. The fourth-order valence-electron chi connectivity index (χ4n) is 2.84. The number of likely N-dealkylation sites (N-methyl/N-ethyl adjacent to an activating group) is 1. The van der Waals surface area contributed by atoms with Crippen LogP contribution in [0.1, 0.15) is 6.42 Å². The van der Waals surface area contributed by atoms with Gasteiger partial charge in [0.2, 0.25) is 0 Å². The minimum atomic E-state index is -0.465. The lowest BCUT2D eigenvalue weighted by Gasteiger charge is -2.32. The van der Waals surface area contributed by atoms with E-state index in [9.17, 15) is 10.1 Å². The standard InChI is InChI=1S/C11H14N4O2/c1-13-6-10-4-9(13)7-14(10)8-2-3-11(12-5-8)15(16)17/h2-3,5,9-10H,4,6-7H2,1H3/t9-,10-/m1/s1. The highest BCUT2D eigenvalue weighted by molar-refractivity contribution is 5.50. The van der Waals surface area contributed by atoms with Crippen molar-refractivity contribution in [3.8, 4) is 0 Å². The third kappa shape index (κ3) is 1.64. The lowest BCUT2D eigenvalue weighted by Crippen LogP contribution is -2.44. The zero-order valence-corrected chi connectivity index (χ0v) is 9.61. The lowest BCUT2D eigenvalue weighted by molar-refractivity contribution is -0.389. The third-order valence-corrected chi connectivity index (χ3v) is 3.77. The molecular weight excluding hydrogens is 220 g/mol. The average molecular weight is 234 g/mol. The molecule has 2 bridgehead atoms. The molecule has 2 aliphatic rings. The molecule has 0 amide bonds. The first kappa shape index (κ1) is 10.5. The molecule has 17 heavy (non-hydrogen) atoms. The van der Waals surface area contributed by atoms with Gasteiger partial charge in [-0.05, 0) is 29.4 Å². The molecule has 0 aromatic carbocycles. The molecule has 2 saturated heterocycles. The number of fused-ring (bicyclic) bond motifs is 2. The van der Waals surface area contributed by atoms with Crippen molar-refractivity contribution in [2.45, 2.75) is 18.5 Å². The van der Waals surface area contributed by atoms with Gasteiger partial charge in [-0.3, -0.25) is 4.90 Å². The number of hydrogen-bond donors (Lipinski definition) is 0. The second-order valence-electron chi connectivity index (χ2n) is 4.77. The maximum absolute atomic E-state index is 10.5.